The molecule has 0 saturated carbocycles. The van der Waals surface area contributed by atoms with Gasteiger partial charge in [-0.3, -0.25) is 4.79 Å². The largest absolute Gasteiger partial charge is 0.497 e. The summed E-state index contributed by atoms with van der Waals surface area (Å²) in [6.07, 6.45) is 0.218. The Balaban J connectivity index is 1.86. The van der Waals surface area contributed by atoms with Crippen molar-refractivity contribution in [3.8, 4) is 5.75 Å². The number of methoxy groups -OCH3 is 1. The molecule has 22 heavy (non-hydrogen) atoms. The van der Waals surface area contributed by atoms with Gasteiger partial charge in [0.25, 0.3) is 0 Å². The predicted octanol–water partition coefficient (Wildman–Crippen LogP) is 2.84. The van der Waals surface area contributed by atoms with Crippen LogP contribution in [0, 0.1) is 0 Å². The molecular formula is C17H22N2O3. The van der Waals surface area contributed by atoms with Crippen LogP contribution in [0.25, 0.3) is 0 Å². The zero-order chi connectivity index (χ0) is 16.2. The molecule has 0 unspecified atom stereocenters. The van der Waals surface area contributed by atoms with E-state index >= 15 is 0 Å². The molecule has 0 aliphatic heterocycles. The minimum Gasteiger partial charge on any atom is -0.497 e. The van der Waals surface area contributed by atoms with Crippen molar-refractivity contribution in [3.63, 3.8) is 0 Å². The van der Waals surface area contributed by atoms with Crippen LogP contribution in [-0.4, -0.2) is 18.2 Å². The standard InChI is InChI=1S/C17H22N2O3/c1-17(2,3)15-9-13(19-22-15)10-16(20)18-11-12-5-7-14(21-4)8-6-12/h5-9H,10-11H2,1-4H3,(H,18,20). The summed E-state index contributed by atoms with van der Waals surface area (Å²) >= 11 is 0. The van der Waals surface area contributed by atoms with Crippen LogP contribution in [0.2, 0.25) is 0 Å². The normalized spacial score (nSPS) is 11.3. The number of carbonyl (C=O) groups is 1. The maximum absolute atomic E-state index is 12.0. The Kier molecular flexibility index (Phi) is 4.85. The van der Waals surface area contributed by atoms with Crippen molar-refractivity contribution in [1.82, 2.24) is 10.5 Å². The third-order valence-corrected chi connectivity index (χ3v) is 3.29. The first kappa shape index (κ1) is 16.1. The van der Waals surface area contributed by atoms with E-state index in [1.165, 1.54) is 0 Å². The third-order valence-electron chi connectivity index (χ3n) is 3.29. The lowest BCUT2D eigenvalue weighted by Gasteiger charge is -2.12. The molecule has 0 bridgehead atoms. The van der Waals surface area contributed by atoms with Gasteiger partial charge >= 0.3 is 0 Å². The predicted molar refractivity (Wildman–Crippen MR) is 83.7 cm³/mol. The zero-order valence-corrected chi connectivity index (χ0v) is 13.5. The van der Waals surface area contributed by atoms with Crippen molar-refractivity contribution in [1.29, 1.82) is 0 Å². The molecule has 5 heteroatoms. The Morgan fingerprint density at radius 1 is 1.27 bits per heavy atom. The zero-order valence-electron chi connectivity index (χ0n) is 13.5. The number of amides is 1. The van der Waals surface area contributed by atoms with Crippen LogP contribution in [-0.2, 0) is 23.2 Å². The van der Waals surface area contributed by atoms with E-state index in [1.807, 2.05) is 51.1 Å². The lowest BCUT2D eigenvalue weighted by atomic mass is 9.93. The maximum Gasteiger partial charge on any atom is 0.226 e. The number of nitrogens with zero attached hydrogens (tertiary/aromatic N) is 1. The Morgan fingerprint density at radius 3 is 2.50 bits per heavy atom. The fourth-order valence-electron chi connectivity index (χ4n) is 1.92. The van der Waals surface area contributed by atoms with Gasteiger partial charge in [-0.2, -0.15) is 0 Å². The van der Waals surface area contributed by atoms with E-state index in [2.05, 4.69) is 10.5 Å². The Labute approximate surface area is 130 Å². The van der Waals surface area contributed by atoms with Gasteiger partial charge in [0.1, 0.15) is 11.5 Å². The molecular weight excluding hydrogens is 280 g/mol. The highest BCUT2D eigenvalue weighted by atomic mass is 16.5. The van der Waals surface area contributed by atoms with Crippen LogP contribution in [0.4, 0.5) is 0 Å². The second-order valence-electron chi connectivity index (χ2n) is 6.23. The SMILES string of the molecule is COc1ccc(CNC(=O)Cc2cc(C(C)(C)C)on2)cc1. The number of benzene rings is 1. The van der Waals surface area contributed by atoms with Gasteiger partial charge in [0.15, 0.2) is 0 Å². The van der Waals surface area contributed by atoms with E-state index in [1.54, 1.807) is 7.11 Å². The quantitative estimate of drug-likeness (QED) is 0.922. The number of rotatable bonds is 5. The summed E-state index contributed by atoms with van der Waals surface area (Å²) in [5.74, 6) is 1.50. The molecule has 5 nitrogen and oxygen atoms in total. The smallest absolute Gasteiger partial charge is 0.226 e. The van der Waals surface area contributed by atoms with Gasteiger partial charge in [-0.25, -0.2) is 0 Å². The molecule has 1 amide bonds. The fourth-order valence-corrected chi connectivity index (χ4v) is 1.92. The number of hydrogen-bond donors (Lipinski definition) is 1. The number of nitrogens with one attached hydrogen (secondary N) is 1. The lowest BCUT2D eigenvalue weighted by Crippen LogP contribution is -2.24. The average Bonchev–Trinajstić information content (AvgIpc) is 2.94. The van der Waals surface area contributed by atoms with Gasteiger partial charge < -0.3 is 14.6 Å². The van der Waals surface area contributed by atoms with E-state index in [4.69, 9.17) is 9.26 Å². The minimum atomic E-state index is -0.106. The Bertz CT molecular complexity index is 624. The molecule has 2 aromatic rings. The van der Waals surface area contributed by atoms with Crippen LogP contribution in [0.1, 0.15) is 37.8 Å². The Morgan fingerprint density at radius 2 is 1.95 bits per heavy atom. The number of carbonyl (C=O) groups excluding carboxylic acids is 1. The van der Waals surface area contributed by atoms with Crippen molar-refractivity contribution in [2.45, 2.75) is 39.2 Å². The molecule has 0 aliphatic rings. The van der Waals surface area contributed by atoms with Crippen LogP contribution in [0.3, 0.4) is 0 Å². The van der Waals surface area contributed by atoms with Crippen molar-refractivity contribution in [2.24, 2.45) is 0 Å². The molecule has 1 aromatic heterocycles. The van der Waals surface area contributed by atoms with E-state index in [-0.39, 0.29) is 17.7 Å². The molecule has 1 aromatic carbocycles. The van der Waals surface area contributed by atoms with E-state index in [0.29, 0.717) is 12.2 Å². The molecule has 0 radical (unpaired) electrons. The summed E-state index contributed by atoms with van der Waals surface area (Å²) in [6.45, 7) is 6.61. The summed E-state index contributed by atoms with van der Waals surface area (Å²) < 4.78 is 10.4. The molecule has 118 valence electrons. The van der Waals surface area contributed by atoms with E-state index < -0.39 is 0 Å². The first-order chi connectivity index (χ1) is 10.4. The van der Waals surface area contributed by atoms with Crippen LogP contribution >= 0.6 is 0 Å². The monoisotopic (exact) mass is 302 g/mol. The van der Waals surface area contributed by atoms with E-state index in [9.17, 15) is 4.79 Å². The number of ether oxygens (including phenoxy) is 1. The number of aromatic nitrogens is 1. The topological polar surface area (TPSA) is 64.4 Å². The Hall–Kier alpha value is -2.30. The molecule has 0 spiro atoms. The van der Waals surface area contributed by atoms with Crippen molar-refractivity contribution in [3.05, 3.63) is 47.3 Å². The number of hydrogen-bond acceptors (Lipinski definition) is 4. The molecule has 0 atom stereocenters. The summed E-state index contributed by atoms with van der Waals surface area (Å²) in [5.41, 5.74) is 1.56. The molecule has 0 aliphatic carbocycles. The van der Waals surface area contributed by atoms with Gasteiger partial charge in [0.05, 0.1) is 19.2 Å². The van der Waals surface area contributed by atoms with Crippen molar-refractivity contribution < 1.29 is 14.1 Å². The molecule has 1 heterocycles. The summed E-state index contributed by atoms with van der Waals surface area (Å²) in [4.78, 5) is 12.0. The average molecular weight is 302 g/mol. The molecule has 0 saturated heterocycles. The van der Waals surface area contributed by atoms with Crippen LogP contribution in [0.15, 0.2) is 34.9 Å². The molecule has 1 N–H and O–H groups in total. The summed E-state index contributed by atoms with van der Waals surface area (Å²) in [7, 11) is 1.63. The van der Waals surface area contributed by atoms with Gasteiger partial charge in [-0.05, 0) is 17.7 Å². The highest BCUT2D eigenvalue weighted by molar-refractivity contribution is 5.78. The first-order valence-corrected chi connectivity index (χ1v) is 7.24. The maximum atomic E-state index is 12.0. The van der Waals surface area contributed by atoms with Crippen LogP contribution in [0.5, 0.6) is 5.75 Å². The van der Waals surface area contributed by atoms with Gasteiger partial charge in [0, 0.05) is 18.0 Å². The fraction of sp³-hybridized carbons (Fsp3) is 0.412. The van der Waals surface area contributed by atoms with Gasteiger partial charge in [0.2, 0.25) is 5.91 Å². The second-order valence-corrected chi connectivity index (χ2v) is 6.23. The lowest BCUT2D eigenvalue weighted by molar-refractivity contribution is -0.120. The van der Waals surface area contributed by atoms with Gasteiger partial charge in [-0.1, -0.05) is 38.1 Å². The van der Waals surface area contributed by atoms with Crippen molar-refractivity contribution >= 4 is 5.91 Å². The van der Waals surface area contributed by atoms with E-state index in [0.717, 1.165) is 17.1 Å². The minimum absolute atomic E-state index is 0.0791. The van der Waals surface area contributed by atoms with Crippen molar-refractivity contribution in [2.75, 3.05) is 7.11 Å². The molecule has 0 fully saturated rings. The summed E-state index contributed by atoms with van der Waals surface area (Å²) in [6, 6.07) is 9.43. The van der Waals surface area contributed by atoms with Gasteiger partial charge in [-0.15, -0.1) is 0 Å². The second kappa shape index (κ2) is 6.64. The summed E-state index contributed by atoms with van der Waals surface area (Å²) in [5, 5.41) is 6.82. The highest BCUT2D eigenvalue weighted by Crippen LogP contribution is 2.22. The molecule has 2 rings (SSSR count). The highest BCUT2D eigenvalue weighted by Gasteiger charge is 2.20. The van der Waals surface area contributed by atoms with Crippen LogP contribution < -0.4 is 10.1 Å². The third kappa shape index (κ3) is 4.35. The first-order valence-electron chi connectivity index (χ1n) is 7.24.